The minimum Gasteiger partial charge on any atom is -0.390 e. The zero-order chi connectivity index (χ0) is 16.0. The van der Waals surface area contributed by atoms with Crippen LogP contribution in [-0.4, -0.2) is 48.7 Å². The predicted octanol–water partition coefficient (Wildman–Crippen LogP) is 1.44. The van der Waals surface area contributed by atoms with E-state index in [1.807, 2.05) is 20.8 Å². The summed E-state index contributed by atoms with van der Waals surface area (Å²) in [4.78, 5) is 0.215. The standard InChI is InChI=1S/C14H26N2O4S/c1-5-6-16-10-14(9-13(16)11-17)21(18,19)15(4)7-8-20-12(2)3/h9-10,12,17H,5-8,11H2,1-4H3. The van der Waals surface area contributed by atoms with Crippen molar-refractivity contribution in [1.29, 1.82) is 0 Å². The van der Waals surface area contributed by atoms with E-state index in [1.165, 1.54) is 17.4 Å². The molecule has 0 atom stereocenters. The van der Waals surface area contributed by atoms with Gasteiger partial charge in [0.05, 0.1) is 19.3 Å². The summed E-state index contributed by atoms with van der Waals surface area (Å²) in [7, 11) is -2.01. The number of sulfonamides is 1. The number of likely N-dealkylation sites (N-methyl/N-ethyl adjacent to an activating group) is 1. The number of hydrogen-bond acceptors (Lipinski definition) is 4. The summed E-state index contributed by atoms with van der Waals surface area (Å²) in [6.45, 7) is 7.00. The molecule has 0 aliphatic rings. The Labute approximate surface area is 127 Å². The monoisotopic (exact) mass is 318 g/mol. The van der Waals surface area contributed by atoms with Crippen molar-refractivity contribution in [2.24, 2.45) is 0 Å². The fourth-order valence-corrected chi connectivity index (χ4v) is 3.18. The fraction of sp³-hybridized carbons (Fsp3) is 0.714. The van der Waals surface area contributed by atoms with E-state index < -0.39 is 10.0 Å². The molecule has 0 amide bonds. The molecule has 1 rings (SSSR count). The summed E-state index contributed by atoms with van der Waals surface area (Å²) < 4.78 is 33.4. The van der Waals surface area contributed by atoms with E-state index in [2.05, 4.69) is 0 Å². The maximum atomic E-state index is 12.5. The number of hydrogen-bond donors (Lipinski definition) is 1. The molecule has 0 aliphatic carbocycles. The number of aliphatic hydroxyl groups excluding tert-OH is 1. The first-order valence-electron chi connectivity index (χ1n) is 7.20. The number of rotatable bonds is 9. The van der Waals surface area contributed by atoms with E-state index in [9.17, 15) is 13.5 Å². The summed E-state index contributed by atoms with van der Waals surface area (Å²) in [5, 5.41) is 9.32. The zero-order valence-electron chi connectivity index (χ0n) is 13.2. The highest BCUT2D eigenvalue weighted by molar-refractivity contribution is 7.89. The maximum absolute atomic E-state index is 12.5. The molecular formula is C14H26N2O4S. The van der Waals surface area contributed by atoms with Crippen molar-refractivity contribution in [2.75, 3.05) is 20.2 Å². The average Bonchev–Trinajstić information content (AvgIpc) is 2.82. The summed E-state index contributed by atoms with van der Waals surface area (Å²) in [6.07, 6.45) is 2.54. The van der Waals surface area contributed by atoms with Gasteiger partial charge in [-0.1, -0.05) is 6.92 Å². The van der Waals surface area contributed by atoms with E-state index >= 15 is 0 Å². The summed E-state index contributed by atoms with van der Waals surface area (Å²) >= 11 is 0. The van der Waals surface area contributed by atoms with Crippen LogP contribution in [0.2, 0.25) is 0 Å². The van der Waals surface area contributed by atoms with Crippen molar-refractivity contribution >= 4 is 10.0 Å². The first-order valence-corrected chi connectivity index (χ1v) is 8.64. The smallest absolute Gasteiger partial charge is 0.244 e. The van der Waals surface area contributed by atoms with Gasteiger partial charge in [-0.25, -0.2) is 8.42 Å². The third-order valence-electron chi connectivity index (χ3n) is 3.15. The van der Waals surface area contributed by atoms with Gasteiger partial charge in [-0.2, -0.15) is 4.31 Å². The lowest BCUT2D eigenvalue weighted by Crippen LogP contribution is -2.30. The highest BCUT2D eigenvalue weighted by Crippen LogP contribution is 2.18. The van der Waals surface area contributed by atoms with E-state index in [-0.39, 0.29) is 17.6 Å². The third-order valence-corrected chi connectivity index (χ3v) is 4.98. The molecule has 0 unspecified atom stereocenters. The van der Waals surface area contributed by atoms with E-state index in [0.717, 1.165) is 6.42 Å². The largest absolute Gasteiger partial charge is 0.390 e. The topological polar surface area (TPSA) is 71.8 Å². The highest BCUT2D eigenvalue weighted by atomic mass is 32.2. The molecule has 1 aromatic heterocycles. The predicted molar refractivity (Wildman–Crippen MR) is 81.5 cm³/mol. The van der Waals surface area contributed by atoms with Gasteiger partial charge in [0, 0.05) is 32.0 Å². The molecule has 1 N–H and O–H groups in total. The quantitative estimate of drug-likeness (QED) is 0.748. The van der Waals surface area contributed by atoms with Crippen LogP contribution in [-0.2, 0) is 27.9 Å². The van der Waals surface area contributed by atoms with Crippen LogP contribution in [0, 0.1) is 0 Å². The molecule has 0 saturated heterocycles. The summed E-state index contributed by atoms with van der Waals surface area (Å²) in [5.41, 5.74) is 0.613. The van der Waals surface area contributed by atoms with Crippen LogP contribution in [0.5, 0.6) is 0 Å². The number of nitrogens with zero attached hydrogens (tertiary/aromatic N) is 2. The lowest BCUT2D eigenvalue weighted by Gasteiger charge is -2.17. The van der Waals surface area contributed by atoms with Crippen LogP contribution in [0.1, 0.15) is 32.9 Å². The number of aliphatic hydroxyl groups is 1. The summed E-state index contributed by atoms with van der Waals surface area (Å²) in [6, 6.07) is 1.53. The molecule has 1 aromatic rings. The molecule has 0 aliphatic heterocycles. The average molecular weight is 318 g/mol. The lowest BCUT2D eigenvalue weighted by atomic mass is 10.4. The molecule has 0 bridgehead atoms. The van der Waals surface area contributed by atoms with Crippen LogP contribution in [0.25, 0.3) is 0 Å². The SMILES string of the molecule is CCCn1cc(S(=O)(=O)N(C)CCOC(C)C)cc1CO. The first-order chi connectivity index (χ1) is 9.82. The Balaban J connectivity index is 2.86. The van der Waals surface area contributed by atoms with Crippen molar-refractivity contribution in [1.82, 2.24) is 8.87 Å². The molecular weight excluding hydrogens is 292 g/mol. The molecule has 0 aromatic carbocycles. The van der Waals surface area contributed by atoms with Gasteiger partial charge in [0.2, 0.25) is 10.0 Å². The van der Waals surface area contributed by atoms with Crippen LogP contribution < -0.4 is 0 Å². The van der Waals surface area contributed by atoms with Crippen LogP contribution in [0.4, 0.5) is 0 Å². The van der Waals surface area contributed by atoms with Gasteiger partial charge < -0.3 is 14.4 Å². The third kappa shape index (κ3) is 4.81. The van der Waals surface area contributed by atoms with E-state index in [4.69, 9.17) is 4.74 Å². The van der Waals surface area contributed by atoms with Gasteiger partial charge in [-0.3, -0.25) is 0 Å². The molecule has 0 radical (unpaired) electrons. The van der Waals surface area contributed by atoms with Gasteiger partial charge in [0.25, 0.3) is 0 Å². The van der Waals surface area contributed by atoms with E-state index in [1.54, 1.807) is 10.8 Å². The second-order valence-corrected chi connectivity index (χ2v) is 7.31. The normalized spacial score (nSPS) is 12.5. The zero-order valence-corrected chi connectivity index (χ0v) is 14.1. The molecule has 0 spiro atoms. The van der Waals surface area contributed by atoms with Crippen LogP contribution in [0.15, 0.2) is 17.2 Å². The van der Waals surface area contributed by atoms with Crippen molar-refractivity contribution < 1.29 is 18.3 Å². The Morgan fingerprint density at radius 3 is 2.62 bits per heavy atom. The maximum Gasteiger partial charge on any atom is 0.244 e. The molecule has 7 heteroatoms. The number of ether oxygens (including phenoxy) is 1. The van der Waals surface area contributed by atoms with Gasteiger partial charge in [0.15, 0.2) is 0 Å². The van der Waals surface area contributed by atoms with Crippen molar-refractivity contribution in [3.05, 3.63) is 18.0 Å². The van der Waals surface area contributed by atoms with Crippen molar-refractivity contribution in [2.45, 2.75) is 51.3 Å². The van der Waals surface area contributed by atoms with Crippen LogP contribution in [0.3, 0.4) is 0 Å². The molecule has 1 heterocycles. The molecule has 6 nitrogen and oxygen atoms in total. The number of aryl methyl sites for hydroxylation is 1. The molecule has 0 saturated carbocycles. The Kier molecular flexibility index (Phi) is 6.86. The second-order valence-electron chi connectivity index (χ2n) is 5.26. The van der Waals surface area contributed by atoms with Gasteiger partial charge >= 0.3 is 0 Å². The second kappa shape index (κ2) is 7.93. The van der Waals surface area contributed by atoms with Crippen molar-refractivity contribution in [3.8, 4) is 0 Å². The summed E-state index contributed by atoms with van der Waals surface area (Å²) in [5.74, 6) is 0. The number of aromatic nitrogens is 1. The minimum absolute atomic E-state index is 0.0766. The highest BCUT2D eigenvalue weighted by Gasteiger charge is 2.23. The molecule has 21 heavy (non-hydrogen) atoms. The minimum atomic E-state index is -3.55. The fourth-order valence-electron chi connectivity index (χ4n) is 1.96. The molecule has 122 valence electrons. The van der Waals surface area contributed by atoms with E-state index in [0.29, 0.717) is 25.4 Å². The Hall–Kier alpha value is -0.890. The first kappa shape index (κ1) is 18.2. The Bertz CT molecular complexity index is 537. The van der Waals surface area contributed by atoms with Gasteiger partial charge in [-0.05, 0) is 26.3 Å². The lowest BCUT2D eigenvalue weighted by molar-refractivity contribution is 0.0737. The Morgan fingerprint density at radius 1 is 1.43 bits per heavy atom. The van der Waals surface area contributed by atoms with Crippen molar-refractivity contribution in [3.63, 3.8) is 0 Å². The van der Waals surface area contributed by atoms with Gasteiger partial charge in [0.1, 0.15) is 4.90 Å². The Morgan fingerprint density at radius 2 is 2.10 bits per heavy atom. The van der Waals surface area contributed by atoms with Gasteiger partial charge in [-0.15, -0.1) is 0 Å². The molecule has 0 fully saturated rings. The van der Waals surface area contributed by atoms with Crippen LogP contribution >= 0.6 is 0 Å².